The molecule has 0 saturated carbocycles. The summed E-state index contributed by atoms with van der Waals surface area (Å²) < 4.78 is 11.1. The first kappa shape index (κ1) is 64.3. The summed E-state index contributed by atoms with van der Waals surface area (Å²) in [6.45, 7) is 5.89. The van der Waals surface area contributed by atoms with Gasteiger partial charge in [0.05, 0.1) is 13.2 Å². The van der Waals surface area contributed by atoms with Gasteiger partial charge in [0.15, 0.2) is 0 Å². The van der Waals surface area contributed by atoms with E-state index in [4.69, 9.17) is 9.05 Å². The van der Waals surface area contributed by atoms with Crippen molar-refractivity contribution in [2.75, 3.05) is 13.2 Å². The summed E-state index contributed by atoms with van der Waals surface area (Å²) in [5, 5.41) is 0. The van der Waals surface area contributed by atoms with E-state index in [-0.39, 0.29) is 0 Å². The minimum absolute atomic E-state index is 0.640. The zero-order chi connectivity index (χ0) is 46.0. The standard InChI is InChI=1S/C60H123O3P/c1-3-5-7-9-11-13-15-17-19-21-23-25-27-29-31-33-35-37-39-41-43-45-47-49-51-53-55-57-59-62-64(61)63-60-58-56-54-52-50-48-46-44-42-40-38-36-34-32-30-28-26-24-22-20-18-16-14-12-10-8-6-4-2/h61H,3-60H2,1-2H3. The van der Waals surface area contributed by atoms with Crippen LogP contribution in [-0.2, 0) is 9.05 Å². The van der Waals surface area contributed by atoms with Gasteiger partial charge in [0, 0.05) is 0 Å². The van der Waals surface area contributed by atoms with E-state index in [1.807, 2.05) is 0 Å². The molecule has 0 aromatic rings. The smallest absolute Gasteiger partial charge is 0.328 e. The first-order valence-electron chi connectivity index (χ1n) is 30.6. The minimum Gasteiger partial charge on any atom is -0.328 e. The monoisotopic (exact) mass is 923 g/mol. The molecule has 0 rings (SSSR count). The van der Waals surface area contributed by atoms with E-state index in [9.17, 15) is 4.89 Å². The minimum atomic E-state index is -1.68. The quantitative estimate of drug-likeness (QED) is 0.0488. The number of unbranched alkanes of at least 4 members (excludes halogenated alkanes) is 54. The van der Waals surface area contributed by atoms with Crippen molar-refractivity contribution in [2.24, 2.45) is 0 Å². The summed E-state index contributed by atoms with van der Waals surface area (Å²) in [5.74, 6) is 0. The molecule has 0 radical (unpaired) electrons. The lowest BCUT2D eigenvalue weighted by molar-refractivity contribution is 0.193. The average molecular weight is 924 g/mol. The van der Waals surface area contributed by atoms with Crippen LogP contribution < -0.4 is 0 Å². The predicted octanol–water partition coefficient (Wildman–Crippen LogP) is 23.1. The molecule has 3 nitrogen and oxygen atoms in total. The molecular weight excluding hydrogens is 800 g/mol. The highest BCUT2D eigenvalue weighted by atomic mass is 31.2. The van der Waals surface area contributed by atoms with Crippen molar-refractivity contribution in [3.05, 3.63) is 0 Å². The summed E-state index contributed by atoms with van der Waals surface area (Å²) >= 11 is 0. The van der Waals surface area contributed by atoms with E-state index < -0.39 is 8.60 Å². The van der Waals surface area contributed by atoms with Crippen molar-refractivity contribution in [2.45, 2.75) is 373 Å². The Balaban J connectivity index is 3.14. The van der Waals surface area contributed by atoms with Crippen LogP contribution in [0.5, 0.6) is 0 Å². The average Bonchev–Trinajstić information content (AvgIpc) is 3.30. The van der Waals surface area contributed by atoms with Crippen molar-refractivity contribution >= 4 is 8.60 Å². The van der Waals surface area contributed by atoms with E-state index in [0.29, 0.717) is 13.2 Å². The lowest BCUT2D eigenvalue weighted by Crippen LogP contribution is -1.95. The molecule has 0 bridgehead atoms. The van der Waals surface area contributed by atoms with Gasteiger partial charge in [0.25, 0.3) is 0 Å². The van der Waals surface area contributed by atoms with Crippen LogP contribution in [0.1, 0.15) is 373 Å². The molecule has 0 atom stereocenters. The molecular formula is C60H123O3P. The second kappa shape index (κ2) is 61.3. The van der Waals surface area contributed by atoms with Crippen molar-refractivity contribution < 1.29 is 13.9 Å². The van der Waals surface area contributed by atoms with Crippen molar-refractivity contribution in [3.63, 3.8) is 0 Å². The third-order valence-electron chi connectivity index (χ3n) is 14.4. The van der Waals surface area contributed by atoms with E-state index in [1.54, 1.807) is 0 Å². The predicted molar refractivity (Wildman–Crippen MR) is 291 cm³/mol. The van der Waals surface area contributed by atoms with Crippen molar-refractivity contribution in [1.29, 1.82) is 0 Å². The molecule has 1 N–H and O–H groups in total. The highest BCUT2D eigenvalue weighted by Crippen LogP contribution is 2.33. The summed E-state index contributed by atoms with van der Waals surface area (Å²) in [7, 11) is -1.68. The zero-order valence-electron chi connectivity index (χ0n) is 44.7. The molecule has 0 heterocycles. The Labute approximate surface area is 407 Å². The lowest BCUT2D eigenvalue weighted by atomic mass is 10.0. The Kier molecular flexibility index (Phi) is 61.6. The van der Waals surface area contributed by atoms with Crippen LogP contribution in [0.2, 0.25) is 0 Å². The SMILES string of the molecule is CCCCCCCCCCCCCCCCCCCCCCCCCCCCCCOP(O)OCCCCCCCCCCCCCCCCCCCCCCCCCCCCCC. The Morgan fingerprint density at radius 1 is 0.188 bits per heavy atom. The van der Waals surface area contributed by atoms with Gasteiger partial charge < -0.3 is 13.9 Å². The van der Waals surface area contributed by atoms with Crippen LogP contribution in [0.15, 0.2) is 0 Å². The van der Waals surface area contributed by atoms with Gasteiger partial charge in [0.1, 0.15) is 0 Å². The van der Waals surface area contributed by atoms with Gasteiger partial charge in [-0.1, -0.05) is 361 Å². The number of hydrogen-bond acceptors (Lipinski definition) is 3. The molecule has 0 aliphatic rings. The normalized spacial score (nSPS) is 11.8. The molecule has 0 amide bonds. The fourth-order valence-electron chi connectivity index (χ4n) is 9.87. The van der Waals surface area contributed by atoms with Gasteiger partial charge in [0.2, 0.25) is 0 Å². The Hall–Kier alpha value is 0.310. The van der Waals surface area contributed by atoms with Gasteiger partial charge in [-0.25, -0.2) is 0 Å². The number of rotatable bonds is 60. The first-order chi connectivity index (χ1) is 31.8. The Bertz CT molecular complexity index is 716. The highest BCUT2D eigenvalue weighted by Gasteiger charge is 2.06. The maximum Gasteiger partial charge on any atom is 0.329 e. The second-order valence-electron chi connectivity index (χ2n) is 21.0. The van der Waals surface area contributed by atoms with E-state index >= 15 is 0 Å². The zero-order valence-corrected chi connectivity index (χ0v) is 45.6. The van der Waals surface area contributed by atoms with E-state index in [2.05, 4.69) is 13.8 Å². The number of hydrogen-bond donors (Lipinski definition) is 1. The van der Waals surface area contributed by atoms with E-state index in [0.717, 1.165) is 12.8 Å². The summed E-state index contributed by atoms with van der Waals surface area (Å²) in [6.07, 6.45) is 79.7. The van der Waals surface area contributed by atoms with Gasteiger partial charge >= 0.3 is 8.60 Å². The van der Waals surface area contributed by atoms with Gasteiger partial charge in [-0.3, -0.25) is 0 Å². The van der Waals surface area contributed by atoms with Crippen LogP contribution in [0.25, 0.3) is 0 Å². The van der Waals surface area contributed by atoms with Gasteiger partial charge in [-0.05, 0) is 12.8 Å². The highest BCUT2D eigenvalue weighted by molar-refractivity contribution is 7.40. The van der Waals surface area contributed by atoms with Crippen LogP contribution >= 0.6 is 8.60 Å². The van der Waals surface area contributed by atoms with Crippen molar-refractivity contribution in [3.8, 4) is 0 Å². The van der Waals surface area contributed by atoms with Crippen LogP contribution in [0, 0.1) is 0 Å². The third kappa shape index (κ3) is 60.3. The molecule has 0 spiro atoms. The molecule has 0 aromatic heterocycles. The van der Waals surface area contributed by atoms with E-state index in [1.165, 1.54) is 347 Å². The molecule has 0 aliphatic carbocycles. The molecule has 0 aliphatic heterocycles. The lowest BCUT2D eigenvalue weighted by Gasteiger charge is -2.10. The Morgan fingerprint density at radius 3 is 0.422 bits per heavy atom. The fourth-order valence-corrected chi connectivity index (χ4v) is 10.5. The fraction of sp³-hybridized carbons (Fsp3) is 1.00. The van der Waals surface area contributed by atoms with Crippen LogP contribution in [0.4, 0.5) is 0 Å². The summed E-state index contributed by atoms with van der Waals surface area (Å²) in [4.78, 5) is 10.1. The van der Waals surface area contributed by atoms with Crippen LogP contribution in [-0.4, -0.2) is 18.1 Å². The summed E-state index contributed by atoms with van der Waals surface area (Å²) in [5.41, 5.74) is 0. The Morgan fingerprint density at radius 2 is 0.297 bits per heavy atom. The molecule has 0 fully saturated rings. The van der Waals surface area contributed by atoms with Gasteiger partial charge in [-0.2, -0.15) is 0 Å². The molecule has 386 valence electrons. The van der Waals surface area contributed by atoms with Crippen molar-refractivity contribution in [1.82, 2.24) is 0 Å². The maximum atomic E-state index is 10.1. The molecule has 0 saturated heterocycles. The largest absolute Gasteiger partial charge is 0.329 e. The van der Waals surface area contributed by atoms with Gasteiger partial charge in [-0.15, -0.1) is 0 Å². The van der Waals surface area contributed by atoms with Crippen LogP contribution in [0.3, 0.4) is 0 Å². The molecule has 0 unspecified atom stereocenters. The molecule has 0 aromatic carbocycles. The topological polar surface area (TPSA) is 38.7 Å². The third-order valence-corrected chi connectivity index (χ3v) is 15.2. The molecule has 4 heteroatoms. The summed E-state index contributed by atoms with van der Waals surface area (Å²) in [6, 6.07) is 0. The molecule has 64 heavy (non-hydrogen) atoms. The first-order valence-corrected chi connectivity index (χ1v) is 31.7. The second-order valence-corrected chi connectivity index (χ2v) is 22.0. The maximum absolute atomic E-state index is 10.1.